The highest BCUT2D eigenvalue weighted by Gasteiger charge is 2.14. The molecule has 1 aromatic heterocycles. The Labute approximate surface area is 88.5 Å². The van der Waals surface area contributed by atoms with E-state index in [1.165, 1.54) is 6.26 Å². The summed E-state index contributed by atoms with van der Waals surface area (Å²) in [4.78, 5) is 12.0. The summed E-state index contributed by atoms with van der Waals surface area (Å²) in [6.45, 7) is 2.04. The van der Waals surface area contributed by atoms with Gasteiger partial charge in [0.2, 0.25) is 5.78 Å². The van der Waals surface area contributed by atoms with Gasteiger partial charge in [0.05, 0.1) is 6.26 Å². The van der Waals surface area contributed by atoms with Crippen LogP contribution in [0.25, 0.3) is 0 Å². The maximum atomic E-state index is 12.0. The summed E-state index contributed by atoms with van der Waals surface area (Å²) >= 11 is 0. The fraction of sp³-hybridized carbons (Fsp3) is 0.154. The molecule has 0 amide bonds. The fourth-order valence-electron chi connectivity index (χ4n) is 1.59. The summed E-state index contributed by atoms with van der Waals surface area (Å²) in [6.07, 6.45) is 2.37. The molecule has 1 aromatic carbocycles. The third-order valence-corrected chi connectivity index (χ3v) is 2.39. The molecular weight excluding hydrogens is 188 g/mol. The second-order valence-corrected chi connectivity index (χ2v) is 3.32. The van der Waals surface area contributed by atoms with Crippen LogP contribution in [0.2, 0.25) is 0 Å². The summed E-state index contributed by atoms with van der Waals surface area (Å²) in [5, 5.41) is 0. The van der Waals surface area contributed by atoms with Crippen molar-refractivity contribution in [2.24, 2.45) is 0 Å². The van der Waals surface area contributed by atoms with Crippen LogP contribution in [0, 0.1) is 0 Å². The average molecular weight is 200 g/mol. The molecule has 0 aliphatic carbocycles. The Morgan fingerprint density at radius 2 is 2.00 bits per heavy atom. The lowest BCUT2D eigenvalue weighted by atomic mass is 10.0. The number of hydrogen-bond acceptors (Lipinski definition) is 2. The molecule has 2 aromatic rings. The first-order chi connectivity index (χ1) is 7.33. The first-order valence-electron chi connectivity index (χ1n) is 4.99. The van der Waals surface area contributed by atoms with Crippen LogP contribution in [0.5, 0.6) is 0 Å². The van der Waals surface area contributed by atoms with Crippen LogP contribution in [0.1, 0.15) is 28.6 Å². The molecule has 2 nitrogen and oxygen atoms in total. The Balaban J connectivity index is 2.42. The molecule has 2 rings (SSSR count). The lowest BCUT2D eigenvalue weighted by molar-refractivity contribution is 0.101. The van der Waals surface area contributed by atoms with Crippen LogP contribution < -0.4 is 0 Å². The molecule has 0 atom stereocenters. The standard InChI is InChI=1S/C13H12O2/c1-2-10-6-3-4-7-11(10)13(14)12-8-5-9-15-12/h3-9H,2H2,1H3. The zero-order valence-electron chi connectivity index (χ0n) is 8.57. The fourth-order valence-corrected chi connectivity index (χ4v) is 1.59. The smallest absolute Gasteiger partial charge is 0.228 e. The van der Waals surface area contributed by atoms with Crippen molar-refractivity contribution in [1.82, 2.24) is 0 Å². The van der Waals surface area contributed by atoms with E-state index in [0.717, 1.165) is 17.5 Å². The van der Waals surface area contributed by atoms with Crippen molar-refractivity contribution in [2.45, 2.75) is 13.3 Å². The van der Waals surface area contributed by atoms with E-state index in [-0.39, 0.29) is 5.78 Å². The van der Waals surface area contributed by atoms with Gasteiger partial charge >= 0.3 is 0 Å². The molecule has 0 aliphatic rings. The van der Waals surface area contributed by atoms with E-state index in [1.54, 1.807) is 12.1 Å². The molecule has 15 heavy (non-hydrogen) atoms. The van der Waals surface area contributed by atoms with Gasteiger partial charge in [-0.05, 0) is 24.1 Å². The first kappa shape index (κ1) is 9.71. The second kappa shape index (κ2) is 4.13. The van der Waals surface area contributed by atoms with E-state index in [0.29, 0.717) is 5.76 Å². The van der Waals surface area contributed by atoms with Crippen molar-refractivity contribution in [1.29, 1.82) is 0 Å². The highest BCUT2D eigenvalue weighted by atomic mass is 16.3. The van der Waals surface area contributed by atoms with E-state index in [9.17, 15) is 4.79 Å². The Morgan fingerprint density at radius 3 is 2.67 bits per heavy atom. The summed E-state index contributed by atoms with van der Waals surface area (Å²) in [5.74, 6) is 0.355. The minimum atomic E-state index is -0.0440. The number of hydrogen-bond donors (Lipinski definition) is 0. The third kappa shape index (κ3) is 1.84. The van der Waals surface area contributed by atoms with E-state index >= 15 is 0 Å². The molecule has 0 aliphatic heterocycles. The van der Waals surface area contributed by atoms with Gasteiger partial charge < -0.3 is 4.42 Å². The van der Waals surface area contributed by atoms with E-state index < -0.39 is 0 Å². The number of ketones is 1. The maximum absolute atomic E-state index is 12.0. The molecule has 0 spiro atoms. The number of carbonyl (C=O) groups excluding carboxylic acids is 1. The molecule has 0 saturated heterocycles. The Kier molecular flexibility index (Phi) is 2.68. The van der Waals surface area contributed by atoms with Crippen LogP contribution in [0.3, 0.4) is 0 Å². The summed E-state index contributed by atoms with van der Waals surface area (Å²) in [6, 6.07) is 11.0. The topological polar surface area (TPSA) is 30.2 Å². The van der Waals surface area contributed by atoms with Gasteiger partial charge in [-0.25, -0.2) is 0 Å². The van der Waals surface area contributed by atoms with Gasteiger partial charge in [0.15, 0.2) is 5.76 Å². The molecule has 2 heteroatoms. The van der Waals surface area contributed by atoms with Crippen molar-refractivity contribution < 1.29 is 9.21 Å². The number of rotatable bonds is 3. The normalized spacial score (nSPS) is 10.2. The predicted octanol–water partition coefficient (Wildman–Crippen LogP) is 3.07. The number of benzene rings is 1. The largest absolute Gasteiger partial charge is 0.461 e. The van der Waals surface area contributed by atoms with Gasteiger partial charge in [-0.15, -0.1) is 0 Å². The molecule has 0 radical (unpaired) electrons. The third-order valence-electron chi connectivity index (χ3n) is 2.39. The van der Waals surface area contributed by atoms with Crippen LogP contribution in [-0.4, -0.2) is 5.78 Å². The van der Waals surface area contributed by atoms with Gasteiger partial charge in [0.25, 0.3) is 0 Å². The van der Waals surface area contributed by atoms with Gasteiger partial charge in [-0.1, -0.05) is 31.2 Å². The number of aryl methyl sites for hydroxylation is 1. The molecule has 0 saturated carbocycles. The zero-order chi connectivity index (χ0) is 10.7. The van der Waals surface area contributed by atoms with Crippen molar-refractivity contribution in [3.8, 4) is 0 Å². The van der Waals surface area contributed by atoms with E-state index in [4.69, 9.17) is 4.42 Å². The van der Waals surface area contributed by atoms with E-state index in [2.05, 4.69) is 0 Å². The van der Waals surface area contributed by atoms with Gasteiger partial charge in [0, 0.05) is 5.56 Å². The lowest BCUT2D eigenvalue weighted by Crippen LogP contribution is -2.03. The Morgan fingerprint density at radius 1 is 1.20 bits per heavy atom. The minimum absolute atomic E-state index is 0.0440. The lowest BCUT2D eigenvalue weighted by Gasteiger charge is -2.03. The highest BCUT2D eigenvalue weighted by molar-refractivity contribution is 6.08. The molecule has 76 valence electrons. The molecule has 1 heterocycles. The Hall–Kier alpha value is -1.83. The van der Waals surface area contributed by atoms with Crippen molar-refractivity contribution in [3.63, 3.8) is 0 Å². The minimum Gasteiger partial charge on any atom is -0.461 e. The van der Waals surface area contributed by atoms with Crippen molar-refractivity contribution in [2.75, 3.05) is 0 Å². The predicted molar refractivity (Wildman–Crippen MR) is 58.0 cm³/mol. The number of furan rings is 1. The molecule has 0 unspecified atom stereocenters. The quantitative estimate of drug-likeness (QED) is 0.713. The monoisotopic (exact) mass is 200 g/mol. The van der Waals surface area contributed by atoms with Gasteiger partial charge in [-0.2, -0.15) is 0 Å². The molecule has 0 bridgehead atoms. The van der Waals surface area contributed by atoms with Crippen LogP contribution in [0.4, 0.5) is 0 Å². The summed E-state index contributed by atoms with van der Waals surface area (Å²) in [5.41, 5.74) is 1.79. The average Bonchev–Trinajstić information content (AvgIpc) is 2.81. The Bertz CT molecular complexity index is 455. The molecule has 0 fully saturated rings. The number of carbonyl (C=O) groups is 1. The first-order valence-corrected chi connectivity index (χ1v) is 4.99. The zero-order valence-corrected chi connectivity index (χ0v) is 8.57. The van der Waals surface area contributed by atoms with Crippen LogP contribution in [-0.2, 0) is 6.42 Å². The molecular formula is C13H12O2. The van der Waals surface area contributed by atoms with Crippen molar-refractivity contribution in [3.05, 3.63) is 59.5 Å². The molecule has 0 N–H and O–H groups in total. The maximum Gasteiger partial charge on any atom is 0.228 e. The van der Waals surface area contributed by atoms with Gasteiger partial charge in [-0.3, -0.25) is 4.79 Å². The van der Waals surface area contributed by atoms with E-state index in [1.807, 2.05) is 31.2 Å². The second-order valence-electron chi connectivity index (χ2n) is 3.32. The highest BCUT2D eigenvalue weighted by Crippen LogP contribution is 2.15. The van der Waals surface area contributed by atoms with Gasteiger partial charge in [0.1, 0.15) is 0 Å². The summed E-state index contributed by atoms with van der Waals surface area (Å²) < 4.78 is 5.10. The summed E-state index contributed by atoms with van der Waals surface area (Å²) in [7, 11) is 0. The van der Waals surface area contributed by atoms with Crippen LogP contribution in [0.15, 0.2) is 47.1 Å². The van der Waals surface area contributed by atoms with Crippen LogP contribution >= 0.6 is 0 Å². The SMILES string of the molecule is CCc1ccccc1C(=O)c1ccco1. The van der Waals surface area contributed by atoms with Crippen molar-refractivity contribution >= 4 is 5.78 Å².